The highest BCUT2D eigenvalue weighted by molar-refractivity contribution is 5.82. The molecule has 0 aromatic carbocycles. The fraction of sp³-hybridized carbons (Fsp3) is 0.462. The lowest BCUT2D eigenvalue weighted by Gasteiger charge is -2.26. The van der Waals surface area contributed by atoms with Gasteiger partial charge in [-0.05, 0) is 39.2 Å². The molecule has 3 aromatic heterocycles. The van der Waals surface area contributed by atoms with Crippen molar-refractivity contribution in [2.75, 3.05) is 43.1 Å². The third-order valence-electron chi connectivity index (χ3n) is 6.12. The molecule has 0 unspecified atom stereocenters. The summed E-state index contributed by atoms with van der Waals surface area (Å²) >= 11 is 0. The van der Waals surface area contributed by atoms with Crippen molar-refractivity contribution in [2.45, 2.75) is 47.0 Å². The van der Waals surface area contributed by atoms with E-state index in [-0.39, 0.29) is 6.99 Å². The predicted octanol–water partition coefficient (Wildman–Crippen LogP) is 4.59. The van der Waals surface area contributed by atoms with E-state index < -0.39 is 0 Å². The molecule has 4 heterocycles. The van der Waals surface area contributed by atoms with Gasteiger partial charge in [0.2, 0.25) is 5.95 Å². The molecule has 9 heteroatoms. The summed E-state index contributed by atoms with van der Waals surface area (Å²) in [5, 5.41) is 3.43. The van der Waals surface area contributed by atoms with Gasteiger partial charge in [0.25, 0.3) is 5.56 Å². The van der Waals surface area contributed by atoms with Crippen LogP contribution in [0.25, 0.3) is 22.6 Å². The summed E-state index contributed by atoms with van der Waals surface area (Å²) in [6.07, 6.45) is 9.34. The number of aromatic nitrogens is 5. The summed E-state index contributed by atoms with van der Waals surface area (Å²) < 4.78 is 5.43. The normalized spacial score (nSPS) is 15.8. The van der Waals surface area contributed by atoms with Gasteiger partial charge in [0, 0.05) is 27.3 Å². The van der Waals surface area contributed by atoms with E-state index in [0.29, 0.717) is 36.2 Å². The van der Waals surface area contributed by atoms with Crippen LogP contribution >= 0.6 is 0 Å². The molecule has 0 atom stereocenters. The Morgan fingerprint density at radius 1 is 1.17 bits per heavy atom. The van der Waals surface area contributed by atoms with Gasteiger partial charge in [-0.25, -0.2) is 9.97 Å². The SMILES string of the molecule is CC.CC1=CC(CCNc2cc[nH]c(=O)c2-c2nc3nc(N4CCOCC4)nc(C)c3[nH]2)=CCC1.[HH]. The number of ether oxygens (including phenoxy) is 1. The van der Waals surface area contributed by atoms with Gasteiger partial charge < -0.3 is 24.9 Å². The molecule has 35 heavy (non-hydrogen) atoms. The summed E-state index contributed by atoms with van der Waals surface area (Å²) in [6.45, 7) is 11.6. The molecule has 0 amide bonds. The summed E-state index contributed by atoms with van der Waals surface area (Å²) in [5.41, 5.74) is 5.87. The van der Waals surface area contributed by atoms with Crippen LogP contribution in [0.4, 0.5) is 11.6 Å². The zero-order valence-electron chi connectivity index (χ0n) is 21.1. The number of aryl methyl sites for hydroxylation is 1. The molecular weight excluding hydrogens is 442 g/mol. The minimum absolute atomic E-state index is 0. The number of morpholine rings is 1. The number of H-pyrrole nitrogens is 2. The smallest absolute Gasteiger partial charge is 0.261 e. The highest BCUT2D eigenvalue weighted by Crippen LogP contribution is 2.26. The summed E-state index contributed by atoms with van der Waals surface area (Å²) in [7, 11) is 0. The third-order valence-corrected chi connectivity index (χ3v) is 6.12. The van der Waals surface area contributed by atoms with Crippen molar-refractivity contribution in [1.82, 2.24) is 24.9 Å². The van der Waals surface area contributed by atoms with Crippen molar-refractivity contribution in [3.8, 4) is 11.4 Å². The van der Waals surface area contributed by atoms with Crippen molar-refractivity contribution in [3.63, 3.8) is 0 Å². The Kier molecular flexibility index (Phi) is 7.97. The molecule has 0 saturated carbocycles. The molecular formula is C26H37N7O2. The van der Waals surface area contributed by atoms with E-state index in [4.69, 9.17) is 4.74 Å². The number of nitrogens with one attached hydrogen (secondary N) is 3. The highest BCUT2D eigenvalue weighted by atomic mass is 16.5. The highest BCUT2D eigenvalue weighted by Gasteiger charge is 2.20. The Bertz CT molecular complexity index is 1290. The van der Waals surface area contributed by atoms with Gasteiger partial charge in [-0.2, -0.15) is 4.98 Å². The zero-order valence-corrected chi connectivity index (χ0v) is 21.1. The number of anilines is 2. The Morgan fingerprint density at radius 2 is 1.97 bits per heavy atom. The largest absolute Gasteiger partial charge is 0.384 e. The number of fused-ring (bicyclic) bond motifs is 1. The first-order valence-corrected chi connectivity index (χ1v) is 12.5. The lowest BCUT2D eigenvalue weighted by atomic mass is 9.99. The second-order valence-electron chi connectivity index (χ2n) is 8.57. The summed E-state index contributed by atoms with van der Waals surface area (Å²) in [5.74, 6) is 1.13. The molecule has 1 saturated heterocycles. The molecule has 188 valence electrons. The van der Waals surface area contributed by atoms with Crippen LogP contribution < -0.4 is 15.8 Å². The second-order valence-corrected chi connectivity index (χ2v) is 8.57. The zero-order chi connectivity index (χ0) is 24.8. The molecule has 1 aliphatic heterocycles. The number of nitrogens with zero attached hydrogens (tertiary/aromatic N) is 4. The van der Waals surface area contributed by atoms with Crippen LogP contribution in [0.5, 0.6) is 0 Å². The van der Waals surface area contributed by atoms with E-state index in [1.807, 2.05) is 26.8 Å². The van der Waals surface area contributed by atoms with Crippen LogP contribution in [0, 0.1) is 6.92 Å². The Morgan fingerprint density at radius 3 is 2.74 bits per heavy atom. The minimum Gasteiger partial charge on any atom is -0.384 e. The van der Waals surface area contributed by atoms with Crippen molar-refractivity contribution in [2.24, 2.45) is 0 Å². The predicted molar refractivity (Wildman–Crippen MR) is 143 cm³/mol. The molecule has 1 fully saturated rings. The van der Waals surface area contributed by atoms with Crippen molar-refractivity contribution >= 4 is 22.8 Å². The molecule has 5 rings (SSSR count). The van der Waals surface area contributed by atoms with Crippen LogP contribution in [-0.4, -0.2) is 57.8 Å². The molecule has 0 spiro atoms. The molecule has 3 N–H and O–H groups in total. The fourth-order valence-corrected chi connectivity index (χ4v) is 4.36. The third kappa shape index (κ3) is 5.62. The first kappa shape index (κ1) is 24.7. The Labute approximate surface area is 207 Å². The number of imidazole rings is 1. The average Bonchev–Trinajstić information content (AvgIpc) is 3.30. The standard InChI is InChI=1S/C24H29N7O2.C2H6.H2/c1-15-4-3-5-17(14-15)6-8-25-18-7-9-26-23(32)19(18)21-28-20-16(2)27-24(30-22(20)29-21)31-10-12-33-13-11-31;1-2;/h5,7,9,14H,3-4,6,8,10-13H2,1-2H3,(H2,25,26,32)(H,27,28,29,30);1-2H3;1H. The van der Waals surface area contributed by atoms with Crippen LogP contribution in [0.1, 0.15) is 47.2 Å². The first-order valence-electron chi connectivity index (χ1n) is 12.5. The van der Waals surface area contributed by atoms with Crippen LogP contribution in [0.2, 0.25) is 0 Å². The van der Waals surface area contributed by atoms with Gasteiger partial charge in [0.05, 0.1) is 24.6 Å². The Balaban J connectivity index is 0.00000117. The van der Waals surface area contributed by atoms with Gasteiger partial charge >= 0.3 is 0 Å². The van der Waals surface area contributed by atoms with Crippen LogP contribution in [0.3, 0.4) is 0 Å². The average molecular weight is 480 g/mol. The quantitative estimate of drug-likeness (QED) is 0.474. The topological polar surface area (TPSA) is 112 Å². The number of hydrogen-bond donors (Lipinski definition) is 3. The van der Waals surface area contributed by atoms with E-state index in [1.165, 1.54) is 11.1 Å². The van der Waals surface area contributed by atoms with Crippen molar-refractivity contribution < 1.29 is 6.16 Å². The van der Waals surface area contributed by atoms with E-state index in [9.17, 15) is 4.79 Å². The number of rotatable bonds is 6. The summed E-state index contributed by atoms with van der Waals surface area (Å²) in [4.78, 5) is 34.9. The monoisotopic (exact) mass is 479 g/mol. The molecule has 0 bridgehead atoms. The molecule has 2 aliphatic rings. The van der Waals surface area contributed by atoms with Gasteiger partial charge in [-0.3, -0.25) is 4.79 Å². The second kappa shape index (κ2) is 11.3. The van der Waals surface area contributed by atoms with Gasteiger partial charge in [0.1, 0.15) is 16.9 Å². The number of pyridine rings is 1. The van der Waals surface area contributed by atoms with Crippen molar-refractivity contribution in [3.05, 3.63) is 51.6 Å². The lowest BCUT2D eigenvalue weighted by molar-refractivity contribution is 0.122. The lowest BCUT2D eigenvalue weighted by Crippen LogP contribution is -2.37. The maximum atomic E-state index is 12.8. The first-order chi connectivity index (χ1) is 17.1. The molecule has 0 radical (unpaired) electrons. The molecule has 1 aliphatic carbocycles. The molecule has 9 nitrogen and oxygen atoms in total. The van der Waals surface area contributed by atoms with E-state index in [2.05, 4.69) is 54.2 Å². The number of allylic oxidation sites excluding steroid dienone is 3. The maximum Gasteiger partial charge on any atom is 0.261 e. The maximum absolute atomic E-state index is 12.8. The minimum atomic E-state index is -0.203. The van der Waals surface area contributed by atoms with Gasteiger partial charge in [-0.15, -0.1) is 0 Å². The van der Waals surface area contributed by atoms with Gasteiger partial charge in [-0.1, -0.05) is 37.1 Å². The fourth-order valence-electron chi connectivity index (χ4n) is 4.36. The van der Waals surface area contributed by atoms with E-state index in [0.717, 1.165) is 55.8 Å². The van der Waals surface area contributed by atoms with Gasteiger partial charge in [0.15, 0.2) is 5.65 Å². The van der Waals surface area contributed by atoms with Crippen LogP contribution in [-0.2, 0) is 4.74 Å². The number of aromatic amines is 2. The molecule has 3 aromatic rings. The van der Waals surface area contributed by atoms with Crippen LogP contribution in [0.15, 0.2) is 40.4 Å². The Hall–Kier alpha value is -3.46. The van der Waals surface area contributed by atoms with E-state index in [1.54, 1.807) is 6.20 Å². The summed E-state index contributed by atoms with van der Waals surface area (Å²) in [6, 6.07) is 1.87. The van der Waals surface area contributed by atoms with Crippen molar-refractivity contribution in [1.29, 1.82) is 0 Å². The van der Waals surface area contributed by atoms with E-state index >= 15 is 0 Å². The number of hydrogen-bond acceptors (Lipinski definition) is 7.